The van der Waals surface area contributed by atoms with E-state index in [1.807, 2.05) is 0 Å². The summed E-state index contributed by atoms with van der Waals surface area (Å²) in [7, 11) is -0.383. The first-order valence-electron chi connectivity index (χ1n) is 14.4. The second-order valence-electron chi connectivity index (χ2n) is 11.3. The van der Waals surface area contributed by atoms with Crippen LogP contribution >= 0.6 is 0 Å². The van der Waals surface area contributed by atoms with Gasteiger partial charge in [0.2, 0.25) is 0 Å². The van der Waals surface area contributed by atoms with Gasteiger partial charge >= 0.3 is 11.9 Å². The highest BCUT2D eigenvalue weighted by Crippen LogP contribution is 2.40. The maximum atomic E-state index is 11.2. The molecule has 0 atom stereocenters. The first kappa shape index (κ1) is 33.6. The Hall–Kier alpha value is -4.90. The number of hydrogen-bond donors (Lipinski definition) is 2. The Bertz CT molecular complexity index is 1660. The van der Waals surface area contributed by atoms with Crippen molar-refractivity contribution in [1.29, 1.82) is 0 Å². The van der Waals surface area contributed by atoms with Crippen LogP contribution in [0.15, 0.2) is 60.7 Å². The number of methoxy groups -OCH3 is 1. The van der Waals surface area contributed by atoms with E-state index in [0.29, 0.717) is 50.4 Å². The lowest BCUT2D eigenvalue weighted by atomic mass is 10.1. The molecule has 44 heavy (non-hydrogen) atoms. The maximum Gasteiger partial charge on any atom is 0.335 e. The number of aromatic carboxylic acids is 2. The minimum Gasteiger partial charge on any atom is -0.495 e. The molecule has 0 saturated heterocycles. The van der Waals surface area contributed by atoms with E-state index in [1.54, 1.807) is 43.5 Å². The van der Waals surface area contributed by atoms with Gasteiger partial charge in [-0.25, -0.2) is 9.59 Å². The van der Waals surface area contributed by atoms with Gasteiger partial charge in [0.15, 0.2) is 0 Å². The summed E-state index contributed by atoms with van der Waals surface area (Å²) >= 11 is 0. The number of rotatable bonds is 8. The van der Waals surface area contributed by atoms with Crippen molar-refractivity contribution in [2.75, 3.05) is 13.7 Å². The molecular weight excluding hydrogens is 568 g/mol. The molecule has 0 spiro atoms. The lowest BCUT2D eigenvalue weighted by molar-refractivity contribution is 0.0686. The predicted octanol–water partition coefficient (Wildman–Crippen LogP) is 7.49. The van der Waals surface area contributed by atoms with Crippen LogP contribution in [0, 0.1) is 35.1 Å². The normalized spacial score (nSPS) is 10.7. The topological polar surface area (TPSA) is 93.1 Å². The van der Waals surface area contributed by atoms with Crippen LogP contribution in [0.4, 0.5) is 0 Å². The fraction of sp³-hybridized carbons (Fsp3) is 0.297. The van der Waals surface area contributed by atoms with Crippen molar-refractivity contribution in [2.24, 2.45) is 0 Å². The second-order valence-corrected chi connectivity index (χ2v) is 16.9. The number of carboxylic acids is 2. The molecule has 3 aromatic rings. The predicted molar refractivity (Wildman–Crippen MR) is 176 cm³/mol. The van der Waals surface area contributed by atoms with E-state index < -0.39 is 20.0 Å². The monoisotopic (exact) mass is 606 g/mol. The molecule has 6 nitrogen and oxygen atoms in total. The van der Waals surface area contributed by atoms with E-state index in [0.717, 1.165) is 0 Å². The summed E-state index contributed by atoms with van der Waals surface area (Å²) < 4.78 is 11.9. The third-order valence-electron chi connectivity index (χ3n) is 7.72. The third kappa shape index (κ3) is 8.13. The molecule has 226 valence electrons. The summed E-state index contributed by atoms with van der Waals surface area (Å²) in [6.45, 7) is 13.8. The van der Waals surface area contributed by atoms with Crippen LogP contribution < -0.4 is 9.47 Å². The van der Waals surface area contributed by atoms with Crippen LogP contribution in [0.5, 0.6) is 11.5 Å². The minimum atomic E-state index is -1.93. The first-order valence-corrected chi connectivity index (χ1v) is 16.7. The molecule has 0 radical (unpaired) electrons. The minimum absolute atomic E-state index is 0.179. The van der Waals surface area contributed by atoms with E-state index in [4.69, 9.17) is 14.6 Å². The second kappa shape index (κ2) is 15.0. The lowest BCUT2D eigenvalue weighted by Crippen LogP contribution is -2.43. The summed E-state index contributed by atoms with van der Waals surface area (Å²) in [5, 5.41) is 18.4. The number of carboxylic acid groups (broad SMARTS) is 2. The van der Waals surface area contributed by atoms with Gasteiger partial charge in [-0.1, -0.05) is 71.1 Å². The molecule has 7 heteroatoms. The first-order chi connectivity index (χ1) is 20.9. The largest absolute Gasteiger partial charge is 0.495 e. The molecule has 2 N–H and O–H groups in total. The summed E-state index contributed by atoms with van der Waals surface area (Å²) in [6.07, 6.45) is 0. The Morgan fingerprint density at radius 2 is 1.09 bits per heavy atom. The zero-order valence-electron chi connectivity index (χ0n) is 26.2. The van der Waals surface area contributed by atoms with Crippen molar-refractivity contribution in [1.82, 2.24) is 0 Å². The van der Waals surface area contributed by atoms with E-state index in [2.05, 4.69) is 76.7 Å². The Balaban J connectivity index is 2.04. The number of hydrogen-bond acceptors (Lipinski definition) is 4. The van der Waals surface area contributed by atoms with Gasteiger partial charge in [-0.2, -0.15) is 0 Å². The third-order valence-corrected chi connectivity index (χ3v) is 14.1. The number of ether oxygens (including phenoxy) is 2. The molecule has 0 unspecified atom stereocenters. The molecule has 0 aromatic heterocycles. The summed E-state index contributed by atoms with van der Waals surface area (Å²) in [5.41, 5.74) is 7.98. The zero-order chi connectivity index (χ0) is 32.4. The van der Waals surface area contributed by atoms with Crippen LogP contribution in [0.3, 0.4) is 0 Å². The molecule has 0 amide bonds. The smallest absolute Gasteiger partial charge is 0.335 e. The number of carbonyl (C=O) groups is 2. The van der Waals surface area contributed by atoms with E-state index in [9.17, 15) is 14.7 Å². The fourth-order valence-electron chi connectivity index (χ4n) is 5.45. The van der Waals surface area contributed by atoms with Gasteiger partial charge in [0, 0.05) is 23.3 Å². The van der Waals surface area contributed by atoms with Gasteiger partial charge in [0.25, 0.3) is 0 Å². The van der Waals surface area contributed by atoms with Crippen LogP contribution in [-0.4, -0.2) is 43.9 Å². The summed E-state index contributed by atoms with van der Waals surface area (Å²) in [5.74, 6) is 14.7. The molecule has 0 fully saturated rings. The maximum absolute atomic E-state index is 11.2. The van der Waals surface area contributed by atoms with Crippen molar-refractivity contribution in [3.05, 3.63) is 94.0 Å². The zero-order valence-corrected chi connectivity index (χ0v) is 27.2. The summed E-state index contributed by atoms with van der Waals surface area (Å²) in [4.78, 5) is 22.4. The molecule has 0 heterocycles. The average molecular weight is 607 g/mol. The Morgan fingerprint density at radius 3 is 1.48 bits per heavy atom. The quantitative estimate of drug-likeness (QED) is 0.204. The van der Waals surface area contributed by atoms with Crippen molar-refractivity contribution in [3.63, 3.8) is 0 Å². The van der Waals surface area contributed by atoms with Gasteiger partial charge in [-0.3, -0.25) is 0 Å². The molecule has 0 aliphatic carbocycles. The van der Waals surface area contributed by atoms with E-state index in [1.165, 1.54) is 24.3 Å². The van der Waals surface area contributed by atoms with Gasteiger partial charge in [0.05, 0.1) is 29.4 Å². The summed E-state index contributed by atoms with van der Waals surface area (Å²) in [6, 6.07) is 16.2. The lowest BCUT2D eigenvalue weighted by Gasteiger charge is -2.38. The SMILES string of the molecule is COc1cc(C#Cc2ccc(C(=O)O)cc2)c(OCC#C[Si](C(C)C)(C(C)C)C(C)C)cc1C#Cc1ccc(C(=O)O)cc1. The highest BCUT2D eigenvalue weighted by molar-refractivity contribution is 6.90. The van der Waals surface area contributed by atoms with Crippen molar-refractivity contribution in [3.8, 4) is 46.6 Å². The Kier molecular flexibility index (Phi) is 11.5. The Labute approximate surface area is 261 Å². The highest BCUT2D eigenvalue weighted by Gasteiger charge is 2.41. The molecule has 0 aliphatic heterocycles. The van der Waals surface area contributed by atoms with Gasteiger partial charge in [-0.05, 0) is 65.2 Å². The average Bonchev–Trinajstić information content (AvgIpc) is 2.99. The standard InChI is InChI=1S/C37H38O6Si/c1-25(2)44(26(3)4,27(5)6)22-8-21-43-35-24-32(19-13-28-9-15-30(16-10-28)36(38)39)34(42-7)23-33(35)20-14-29-11-17-31(18-12-29)37(40)41/h9-12,15-18,23-27H,21H2,1-7H3,(H,38,39)(H,40,41). The van der Waals surface area contributed by atoms with Gasteiger partial charge < -0.3 is 19.7 Å². The van der Waals surface area contributed by atoms with Crippen LogP contribution in [0.2, 0.25) is 16.6 Å². The molecule has 3 aromatic carbocycles. The van der Waals surface area contributed by atoms with Gasteiger partial charge in [-0.15, -0.1) is 5.54 Å². The Morgan fingerprint density at radius 1 is 0.682 bits per heavy atom. The molecule has 0 saturated carbocycles. The highest BCUT2D eigenvalue weighted by atomic mass is 28.3. The van der Waals surface area contributed by atoms with Crippen molar-refractivity contribution in [2.45, 2.75) is 58.2 Å². The van der Waals surface area contributed by atoms with E-state index >= 15 is 0 Å². The van der Waals surface area contributed by atoms with Crippen molar-refractivity contribution >= 4 is 20.0 Å². The molecule has 0 bridgehead atoms. The van der Waals surface area contributed by atoms with Gasteiger partial charge in [0.1, 0.15) is 26.2 Å². The molecule has 3 rings (SSSR count). The van der Waals surface area contributed by atoms with Crippen LogP contribution in [0.1, 0.15) is 84.5 Å². The molecular formula is C37H38O6Si. The van der Waals surface area contributed by atoms with Crippen LogP contribution in [-0.2, 0) is 0 Å². The van der Waals surface area contributed by atoms with Crippen molar-refractivity contribution < 1.29 is 29.3 Å². The molecule has 0 aliphatic rings. The van der Waals surface area contributed by atoms with E-state index in [-0.39, 0.29) is 17.7 Å². The fourth-order valence-corrected chi connectivity index (χ4v) is 10.7. The number of benzene rings is 3. The van der Waals surface area contributed by atoms with Crippen LogP contribution in [0.25, 0.3) is 0 Å².